The maximum Gasteiger partial charge on any atom is 0.123 e. The molecule has 0 saturated heterocycles. The topological polar surface area (TPSA) is 12.0 Å². The second kappa shape index (κ2) is 4.45. The summed E-state index contributed by atoms with van der Waals surface area (Å²) < 4.78 is 13.4. The first-order valence-electron chi connectivity index (χ1n) is 6.32. The summed E-state index contributed by atoms with van der Waals surface area (Å²) in [5.74, 6) is 0.213. The van der Waals surface area contributed by atoms with Crippen molar-refractivity contribution in [3.63, 3.8) is 0 Å². The number of benzene rings is 2. The number of halogens is 1. The molecule has 0 fully saturated rings. The van der Waals surface area contributed by atoms with Crippen molar-refractivity contribution in [3.8, 4) is 0 Å². The lowest BCUT2D eigenvalue weighted by molar-refractivity contribution is 0.615. The molecule has 1 N–H and O–H groups in total. The van der Waals surface area contributed by atoms with Gasteiger partial charge in [0.2, 0.25) is 0 Å². The van der Waals surface area contributed by atoms with Gasteiger partial charge in [0.15, 0.2) is 0 Å². The van der Waals surface area contributed by atoms with Crippen molar-refractivity contribution in [2.24, 2.45) is 0 Å². The van der Waals surface area contributed by atoms with Crippen LogP contribution in [-0.2, 0) is 6.42 Å². The molecule has 1 heterocycles. The van der Waals surface area contributed by atoms with Gasteiger partial charge in [0.1, 0.15) is 5.82 Å². The average Bonchev–Trinajstić information content (AvgIpc) is 2.41. The van der Waals surface area contributed by atoms with Crippen molar-refractivity contribution in [3.05, 3.63) is 65.0 Å². The molecular formula is C16H16FN. The molecule has 1 unspecified atom stereocenters. The van der Waals surface area contributed by atoms with Crippen LogP contribution in [-0.4, -0.2) is 6.54 Å². The standard InChI is InChI=1S/C16H16FN/c1-11-6-7-14(17)9-15(11)13-8-12-4-2-3-5-16(12)18-10-13/h2-7,9,13,18H,8,10H2,1H3. The molecule has 0 bridgehead atoms. The molecule has 0 aromatic heterocycles. The van der Waals surface area contributed by atoms with E-state index in [1.807, 2.05) is 12.1 Å². The quantitative estimate of drug-likeness (QED) is 0.798. The molecular weight excluding hydrogens is 225 g/mol. The van der Waals surface area contributed by atoms with Crippen molar-refractivity contribution in [1.29, 1.82) is 0 Å². The van der Waals surface area contributed by atoms with Crippen LogP contribution in [0.15, 0.2) is 42.5 Å². The maximum absolute atomic E-state index is 13.4. The van der Waals surface area contributed by atoms with Crippen LogP contribution in [0.3, 0.4) is 0 Å². The van der Waals surface area contributed by atoms with Crippen LogP contribution < -0.4 is 5.32 Å². The Hall–Kier alpha value is -1.83. The minimum Gasteiger partial charge on any atom is -0.384 e. The monoisotopic (exact) mass is 241 g/mol. The van der Waals surface area contributed by atoms with Gasteiger partial charge in [-0.2, -0.15) is 0 Å². The van der Waals surface area contributed by atoms with E-state index in [1.165, 1.54) is 22.9 Å². The van der Waals surface area contributed by atoms with E-state index in [1.54, 1.807) is 6.07 Å². The second-order valence-electron chi connectivity index (χ2n) is 4.94. The Morgan fingerprint density at radius 1 is 1.17 bits per heavy atom. The van der Waals surface area contributed by atoms with E-state index in [2.05, 4.69) is 30.4 Å². The molecule has 92 valence electrons. The fourth-order valence-electron chi connectivity index (χ4n) is 2.71. The molecule has 0 amide bonds. The molecule has 1 nitrogen and oxygen atoms in total. The highest BCUT2D eigenvalue weighted by Gasteiger charge is 2.20. The van der Waals surface area contributed by atoms with Crippen LogP contribution in [0.1, 0.15) is 22.6 Å². The summed E-state index contributed by atoms with van der Waals surface area (Å²) in [6.45, 7) is 2.93. The lowest BCUT2D eigenvalue weighted by Crippen LogP contribution is -2.22. The van der Waals surface area contributed by atoms with Gasteiger partial charge in [0, 0.05) is 18.2 Å². The highest BCUT2D eigenvalue weighted by Crippen LogP contribution is 2.31. The minimum absolute atomic E-state index is 0.144. The van der Waals surface area contributed by atoms with Gasteiger partial charge in [-0.15, -0.1) is 0 Å². The van der Waals surface area contributed by atoms with E-state index in [4.69, 9.17) is 0 Å². The first kappa shape index (κ1) is 11.3. The fourth-order valence-corrected chi connectivity index (χ4v) is 2.71. The molecule has 0 aliphatic carbocycles. The molecule has 2 aromatic carbocycles. The van der Waals surface area contributed by atoms with Crippen molar-refractivity contribution >= 4 is 5.69 Å². The Morgan fingerprint density at radius 2 is 2.00 bits per heavy atom. The van der Waals surface area contributed by atoms with Gasteiger partial charge in [-0.3, -0.25) is 0 Å². The second-order valence-corrected chi connectivity index (χ2v) is 4.94. The molecule has 0 radical (unpaired) electrons. The van der Waals surface area contributed by atoms with Gasteiger partial charge >= 0.3 is 0 Å². The number of aryl methyl sites for hydroxylation is 1. The smallest absolute Gasteiger partial charge is 0.123 e. The van der Waals surface area contributed by atoms with Crippen LogP contribution in [0.2, 0.25) is 0 Å². The molecule has 1 atom stereocenters. The number of hydrogen-bond donors (Lipinski definition) is 1. The summed E-state index contributed by atoms with van der Waals surface area (Å²) in [4.78, 5) is 0. The third kappa shape index (κ3) is 1.99. The number of hydrogen-bond acceptors (Lipinski definition) is 1. The number of rotatable bonds is 1. The normalized spacial score (nSPS) is 18.0. The van der Waals surface area contributed by atoms with Crippen molar-refractivity contribution in [2.75, 3.05) is 11.9 Å². The molecule has 2 aromatic rings. The zero-order valence-electron chi connectivity index (χ0n) is 10.4. The van der Waals surface area contributed by atoms with Gasteiger partial charge in [-0.1, -0.05) is 24.3 Å². The van der Waals surface area contributed by atoms with Gasteiger partial charge in [0.25, 0.3) is 0 Å². The summed E-state index contributed by atoms with van der Waals surface area (Å²) in [6.07, 6.45) is 0.980. The van der Waals surface area contributed by atoms with Gasteiger partial charge in [-0.05, 0) is 48.2 Å². The van der Waals surface area contributed by atoms with E-state index in [-0.39, 0.29) is 5.82 Å². The predicted molar refractivity (Wildman–Crippen MR) is 72.5 cm³/mol. The van der Waals surface area contributed by atoms with Crippen LogP contribution in [0.25, 0.3) is 0 Å². The molecule has 3 rings (SSSR count). The summed E-state index contributed by atoms with van der Waals surface area (Å²) >= 11 is 0. The molecule has 1 aliphatic heterocycles. The number of fused-ring (bicyclic) bond motifs is 1. The Kier molecular flexibility index (Phi) is 2.78. The van der Waals surface area contributed by atoms with E-state index >= 15 is 0 Å². The Balaban J connectivity index is 1.94. The average molecular weight is 241 g/mol. The minimum atomic E-state index is -0.144. The summed E-state index contributed by atoms with van der Waals surface area (Å²) in [6, 6.07) is 13.4. The number of para-hydroxylation sites is 1. The lowest BCUT2D eigenvalue weighted by Gasteiger charge is -2.27. The van der Waals surface area contributed by atoms with Crippen molar-refractivity contribution in [2.45, 2.75) is 19.3 Å². The molecule has 18 heavy (non-hydrogen) atoms. The lowest BCUT2D eigenvalue weighted by atomic mass is 9.86. The summed E-state index contributed by atoms with van der Waals surface area (Å²) in [7, 11) is 0. The molecule has 0 saturated carbocycles. The number of anilines is 1. The fraction of sp³-hybridized carbons (Fsp3) is 0.250. The SMILES string of the molecule is Cc1ccc(F)cc1C1CNc2ccccc2C1. The van der Waals surface area contributed by atoms with Crippen molar-refractivity contribution in [1.82, 2.24) is 0 Å². The zero-order valence-corrected chi connectivity index (χ0v) is 10.4. The van der Waals surface area contributed by atoms with E-state index < -0.39 is 0 Å². The van der Waals surface area contributed by atoms with Gasteiger partial charge in [0.05, 0.1) is 0 Å². The predicted octanol–water partition coefficient (Wildman–Crippen LogP) is 3.89. The first-order valence-corrected chi connectivity index (χ1v) is 6.32. The Labute approximate surface area is 107 Å². The highest BCUT2D eigenvalue weighted by atomic mass is 19.1. The van der Waals surface area contributed by atoms with Crippen LogP contribution in [0.4, 0.5) is 10.1 Å². The van der Waals surface area contributed by atoms with Gasteiger partial charge in [-0.25, -0.2) is 4.39 Å². The van der Waals surface area contributed by atoms with Crippen LogP contribution in [0.5, 0.6) is 0 Å². The third-order valence-electron chi connectivity index (χ3n) is 3.70. The largest absolute Gasteiger partial charge is 0.384 e. The first-order chi connectivity index (χ1) is 8.74. The molecule has 1 aliphatic rings. The summed E-state index contributed by atoms with van der Waals surface area (Å²) in [5, 5.41) is 3.44. The maximum atomic E-state index is 13.4. The number of nitrogens with one attached hydrogen (secondary N) is 1. The Bertz CT molecular complexity index is 577. The summed E-state index contributed by atoms with van der Waals surface area (Å²) in [5.41, 5.74) is 4.82. The zero-order chi connectivity index (χ0) is 12.5. The molecule has 2 heteroatoms. The molecule has 0 spiro atoms. The van der Waals surface area contributed by atoms with Gasteiger partial charge < -0.3 is 5.32 Å². The van der Waals surface area contributed by atoms with E-state index in [0.717, 1.165) is 18.5 Å². The van der Waals surface area contributed by atoms with Crippen LogP contribution >= 0.6 is 0 Å². The van der Waals surface area contributed by atoms with Crippen molar-refractivity contribution < 1.29 is 4.39 Å². The third-order valence-corrected chi connectivity index (χ3v) is 3.70. The Morgan fingerprint density at radius 3 is 2.89 bits per heavy atom. The van der Waals surface area contributed by atoms with Crippen LogP contribution in [0, 0.1) is 12.7 Å². The van der Waals surface area contributed by atoms with E-state index in [9.17, 15) is 4.39 Å². The van der Waals surface area contributed by atoms with E-state index in [0.29, 0.717) is 5.92 Å². The highest BCUT2D eigenvalue weighted by molar-refractivity contribution is 5.54.